The summed E-state index contributed by atoms with van der Waals surface area (Å²) in [5, 5.41) is 22.8. The van der Waals surface area contributed by atoms with Gasteiger partial charge in [0.2, 0.25) is 5.91 Å². The molecule has 4 rings (SSSR count). The number of carbonyl (C=O) groups is 2. The molecule has 1 aliphatic rings. The van der Waals surface area contributed by atoms with Crippen molar-refractivity contribution >= 4 is 22.8 Å². The van der Waals surface area contributed by atoms with Crippen molar-refractivity contribution in [1.82, 2.24) is 19.8 Å². The molecule has 1 fully saturated rings. The van der Waals surface area contributed by atoms with Crippen molar-refractivity contribution < 1.29 is 24.2 Å². The van der Waals surface area contributed by atoms with E-state index in [9.17, 15) is 29.0 Å². The van der Waals surface area contributed by atoms with E-state index in [4.69, 9.17) is 0 Å². The van der Waals surface area contributed by atoms with Gasteiger partial charge in [-0.15, -0.1) is 0 Å². The summed E-state index contributed by atoms with van der Waals surface area (Å²) in [5.41, 5.74) is 0.883. The standard InChI is InChI=1S/C27H31FN4O5/c1-17(16-33)14-30-26(36)23-25(35)24-21(13-19(15-29-24)12-18-5-7-20(28)8-6-18)32(27(23)37)11-10-31-9-3-2-4-22(31)34/h5-8,13,15,17,33,35H,2-4,9-12,14,16H2,1H3,(H,30,36). The molecule has 0 radical (unpaired) electrons. The topological polar surface area (TPSA) is 125 Å². The zero-order valence-electron chi connectivity index (χ0n) is 20.7. The van der Waals surface area contributed by atoms with Crippen LogP contribution in [0.25, 0.3) is 11.0 Å². The van der Waals surface area contributed by atoms with Crippen molar-refractivity contribution in [3.05, 3.63) is 69.4 Å². The Kier molecular flexibility index (Phi) is 8.17. The van der Waals surface area contributed by atoms with Crippen molar-refractivity contribution in [2.75, 3.05) is 26.2 Å². The molecule has 37 heavy (non-hydrogen) atoms. The highest BCUT2D eigenvalue weighted by atomic mass is 19.1. The van der Waals surface area contributed by atoms with Crippen LogP contribution in [0.2, 0.25) is 0 Å². The molecule has 0 saturated carbocycles. The summed E-state index contributed by atoms with van der Waals surface area (Å²) in [6.07, 6.45) is 4.15. The Morgan fingerprint density at radius 2 is 1.92 bits per heavy atom. The number of piperidine rings is 1. The highest BCUT2D eigenvalue weighted by Gasteiger charge is 2.25. The zero-order chi connectivity index (χ0) is 26.5. The summed E-state index contributed by atoms with van der Waals surface area (Å²) in [4.78, 5) is 44.9. The molecule has 1 atom stereocenters. The fraction of sp³-hybridized carbons (Fsp3) is 0.407. The van der Waals surface area contributed by atoms with Crippen LogP contribution in [-0.4, -0.2) is 62.7 Å². The van der Waals surface area contributed by atoms with Gasteiger partial charge >= 0.3 is 0 Å². The first-order valence-electron chi connectivity index (χ1n) is 12.4. The Hall–Kier alpha value is -3.79. The Morgan fingerprint density at radius 1 is 1.16 bits per heavy atom. The first-order chi connectivity index (χ1) is 17.8. The maximum absolute atomic E-state index is 13.5. The van der Waals surface area contributed by atoms with E-state index in [1.54, 1.807) is 36.2 Å². The monoisotopic (exact) mass is 510 g/mol. The van der Waals surface area contributed by atoms with Crippen LogP contribution in [-0.2, 0) is 17.8 Å². The Balaban J connectivity index is 1.74. The number of pyridine rings is 2. The van der Waals surface area contributed by atoms with Gasteiger partial charge in [-0.3, -0.25) is 19.4 Å². The lowest BCUT2D eigenvalue weighted by atomic mass is 10.0. The largest absolute Gasteiger partial charge is 0.505 e. The molecule has 3 N–H and O–H groups in total. The van der Waals surface area contributed by atoms with E-state index in [0.29, 0.717) is 24.9 Å². The number of hydrogen-bond acceptors (Lipinski definition) is 6. The minimum Gasteiger partial charge on any atom is -0.505 e. The average Bonchev–Trinajstić information content (AvgIpc) is 2.89. The van der Waals surface area contributed by atoms with Gasteiger partial charge in [0.05, 0.1) is 5.52 Å². The predicted octanol–water partition coefficient (Wildman–Crippen LogP) is 2.20. The van der Waals surface area contributed by atoms with Gasteiger partial charge in [0.1, 0.15) is 16.9 Å². The Morgan fingerprint density at radius 3 is 2.62 bits per heavy atom. The second-order valence-electron chi connectivity index (χ2n) is 9.53. The molecular weight excluding hydrogens is 479 g/mol. The summed E-state index contributed by atoms with van der Waals surface area (Å²) in [6, 6.07) is 7.77. The lowest BCUT2D eigenvalue weighted by Gasteiger charge is -2.27. The summed E-state index contributed by atoms with van der Waals surface area (Å²) in [6.45, 7) is 2.72. The highest BCUT2D eigenvalue weighted by Crippen LogP contribution is 2.26. The van der Waals surface area contributed by atoms with E-state index in [-0.39, 0.29) is 49.4 Å². The molecule has 1 aliphatic heterocycles. The van der Waals surface area contributed by atoms with Gasteiger partial charge in [-0.25, -0.2) is 4.39 Å². The molecule has 1 aromatic carbocycles. The molecule has 1 saturated heterocycles. The van der Waals surface area contributed by atoms with E-state index < -0.39 is 22.8 Å². The van der Waals surface area contributed by atoms with Gasteiger partial charge in [-0.05, 0) is 54.5 Å². The number of aliphatic hydroxyl groups excluding tert-OH is 1. The lowest BCUT2D eigenvalue weighted by Crippen LogP contribution is -2.40. The van der Waals surface area contributed by atoms with Crippen molar-refractivity contribution in [2.24, 2.45) is 5.92 Å². The molecular formula is C27H31FN4O5. The van der Waals surface area contributed by atoms with Crippen molar-refractivity contribution in [1.29, 1.82) is 0 Å². The molecule has 3 heterocycles. The van der Waals surface area contributed by atoms with E-state index in [1.807, 2.05) is 0 Å². The lowest BCUT2D eigenvalue weighted by molar-refractivity contribution is -0.133. The third-order valence-corrected chi connectivity index (χ3v) is 6.62. The minimum atomic E-state index is -0.760. The van der Waals surface area contributed by atoms with Gasteiger partial charge in [-0.1, -0.05) is 19.1 Å². The number of aromatic nitrogens is 2. The Bertz CT molecular complexity index is 1360. The number of hydrogen-bond donors (Lipinski definition) is 3. The second-order valence-corrected chi connectivity index (χ2v) is 9.53. The second kappa shape index (κ2) is 11.5. The molecule has 2 amide bonds. The number of rotatable bonds is 9. The van der Waals surface area contributed by atoms with Crippen LogP contribution >= 0.6 is 0 Å². The number of amides is 2. The van der Waals surface area contributed by atoms with Crippen molar-refractivity contribution in [3.8, 4) is 5.75 Å². The fourth-order valence-corrected chi connectivity index (χ4v) is 4.45. The number of fused-ring (bicyclic) bond motifs is 1. The maximum atomic E-state index is 13.5. The number of nitrogens with zero attached hydrogens (tertiary/aromatic N) is 3. The van der Waals surface area contributed by atoms with E-state index in [0.717, 1.165) is 24.0 Å². The molecule has 2 aromatic heterocycles. The number of likely N-dealkylation sites (tertiary alicyclic amines) is 1. The molecule has 0 spiro atoms. The van der Waals surface area contributed by atoms with E-state index >= 15 is 0 Å². The number of benzene rings is 1. The molecule has 0 bridgehead atoms. The summed E-state index contributed by atoms with van der Waals surface area (Å²) in [7, 11) is 0. The number of nitrogens with one attached hydrogen (secondary N) is 1. The highest BCUT2D eigenvalue weighted by molar-refractivity contribution is 6.01. The zero-order valence-corrected chi connectivity index (χ0v) is 20.7. The van der Waals surface area contributed by atoms with Crippen LogP contribution in [0.3, 0.4) is 0 Å². The van der Waals surface area contributed by atoms with Crippen LogP contribution in [0.15, 0.2) is 41.3 Å². The van der Waals surface area contributed by atoms with Crippen LogP contribution in [0, 0.1) is 11.7 Å². The SMILES string of the molecule is CC(CO)CNC(=O)c1c(O)c2ncc(Cc3ccc(F)cc3)cc2n(CCN2CCCCC2=O)c1=O. The number of carbonyl (C=O) groups excluding carboxylic acids is 2. The van der Waals surface area contributed by atoms with Gasteiger partial charge in [0.15, 0.2) is 5.75 Å². The summed E-state index contributed by atoms with van der Waals surface area (Å²) < 4.78 is 14.7. The fourth-order valence-electron chi connectivity index (χ4n) is 4.45. The van der Waals surface area contributed by atoms with Crippen LogP contribution in [0.1, 0.15) is 47.7 Å². The smallest absolute Gasteiger partial charge is 0.267 e. The van der Waals surface area contributed by atoms with Crippen LogP contribution < -0.4 is 10.9 Å². The van der Waals surface area contributed by atoms with Gasteiger partial charge in [0.25, 0.3) is 11.5 Å². The molecule has 3 aromatic rings. The normalized spacial score (nSPS) is 14.7. The third-order valence-electron chi connectivity index (χ3n) is 6.62. The number of aromatic hydroxyl groups is 1. The predicted molar refractivity (Wildman–Crippen MR) is 136 cm³/mol. The first kappa shape index (κ1) is 26.3. The first-order valence-corrected chi connectivity index (χ1v) is 12.4. The summed E-state index contributed by atoms with van der Waals surface area (Å²) in [5.74, 6) is -1.83. The van der Waals surface area contributed by atoms with Crippen molar-refractivity contribution in [3.63, 3.8) is 0 Å². The average molecular weight is 511 g/mol. The molecule has 0 aliphatic carbocycles. The van der Waals surface area contributed by atoms with Gasteiger partial charge in [0, 0.05) is 45.4 Å². The third kappa shape index (κ3) is 5.96. The van der Waals surface area contributed by atoms with Crippen LogP contribution in [0.5, 0.6) is 5.75 Å². The molecule has 196 valence electrons. The molecule has 10 heteroatoms. The van der Waals surface area contributed by atoms with E-state index in [2.05, 4.69) is 10.3 Å². The maximum Gasteiger partial charge on any atom is 0.267 e. The van der Waals surface area contributed by atoms with Gasteiger partial charge in [-0.2, -0.15) is 0 Å². The molecule has 9 nitrogen and oxygen atoms in total. The minimum absolute atomic E-state index is 0.0217. The number of halogens is 1. The quantitative estimate of drug-likeness (QED) is 0.405. The summed E-state index contributed by atoms with van der Waals surface area (Å²) >= 11 is 0. The van der Waals surface area contributed by atoms with Crippen molar-refractivity contribution in [2.45, 2.75) is 39.2 Å². The molecule has 1 unspecified atom stereocenters. The number of aliphatic hydroxyl groups is 1. The van der Waals surface area contributed by atoms with Crippen LogP contribution in [0.4, 0.5) is 4.39 Å². The van der Waals surface area contributed by atoms with Gasteiger partial charge < -0.3 is 25.0 Å². The van der Waals surface area contributed by atoms with E-state index in [1.165, 1.54) is 16.7 Å². The Labute approximate surface area is 213 Å².